The SMILES string of the molecule is Cc1nc2ccc(-c3cnc(N(C)C#N)nc3)cc2o1. The van der Waals surface area contributed by atoms with Crippen molar-refractivity contribution in [3.8, 4) is 17.3 Å². The fraction of sp³-hybridized carbons (Fsp3) is 0.143. The molecule has 20 heavy (non-hydrogen) atoms. The zero-order valence-corrected chi connectivity index (χ0v) is 11.0. The fourth-order valence-electron chi connectivity index (χ4n) is 1.91. The van der Waals surface area contributed by atoms with Crippen LogP contribution in [0.15, 0.2) is 35.0 Å². The van der Waals surface area contributed by atoms with Gasteiger partial charge in [0.2, 0.25) is 5.95 Å². The zero-order chi connectivity index (χ0) is 14.1. The third kappa shape index (κ3) is 2.06. The van der Waals surface area contributed by atoms with Crippen LogP contribution in [0.1, 0.15) is 5.89 Å². The molecule has 0 atom stereocenters. The summed E-state index contributed by atoms with van der Waals surface area (Å²) in [7, 11) is 1.61. The molecule has 2 heterocycles. The molecule has 0 spiro atoms. The second kappa shape index (κ2) is 4.63. The van der Waals surface area contributed by atoms with Crippen molar-refractivity contribution < 1.29 is 4.42 Å². The molecule has 0 fully saturated rings. The Kier molecular flexibility index (Phi) is 2.80. The van der Waals surface area contributed by atoms with E-state index >= 15 is 0 Å². The third-order valence-corrected chi connectivity index (χ3v) is 2.92. The van der Waals surface area contributed by atoms with E-state index in [4.69, 9.17) is 9.68 Å². The first-order valence-electron chi connectivity index (χ1n) is 6.00. The van der Waals surface area contributed by atoms with Gasteiger partial charge in [-0.05, 0) is 17.7 Å². The molecular formula is C14H11N5O. The van der Waals surface area contributed by atoms with E-state index in [1.165, 1.54) is 4.90 Å². The molecule has 0 amide bonds. The van der Waals surface area contributed by atoms with Crippen molar-refractivity contribution >= 4 is 17.0 Å². The Hall–Kier alpha value is -2.94. The van der Waals surface area contributed by atoms with E-state index < -0.39 is 0 Å². The van der Waals surface area contributed by atoms with Crippen LogP contribution in [-0.2, 0) is 0 Å². The van der Waals surface area contributed by atoms with Crippen LogP contribution in [0.3, 0.4) is 0 Å². The first-order chi connectivity index (χ1) is 9.67. The summed E-state index contributed by atoms with van der Waals surface area (Å²) in [6.45, 7) is 1.81. The largest absolute Gasteiger partial charge is 0.441 e. The van der Waals surface area contributed by atoms with E-state index in [2.05, 4.69) is 15.0 Å². The second-order valence-electron chi connectivity index (χ2n) is 4.35. The number of aromatic nitrogens is 3. The summed E-state index contributed by atoms with van der Waals surface area (Å²) in [6.07, 6.45) is 5.31. The van der Waals surface area contributed by atoms with E-state index in [0.29, 0.717) is 11.8 Å². The van der Waals surface area contributed by atoms with E-state index in [0.717, 1.165) is 22.2 Å². The van der Waals surface area contributed by atoms with Gasteiger partial charge in [0.25, 0.3) is 0 Å². The topological polar surface area (TPSA) is 78.8 Å². The molecule has 0 N–H and O–H groups in total. The lowest BCUT2D eigenvalue weighted by molar-refractivity contribution is 0.561. The number of rotatable bonds is 2. The normalized spacial score (nSPS) is 10.4. The monoisotopic (exact) mass is 265 g/mol. The molecule has 0 aliphatic heterocycles. The zero-order valence-electron chi connectivity index (χ0n) is 11.0. The maximum atomic E-state index is 8.77. The molecule has 1 aromatic carbocycles. The number of hydrogen-bond donors (Lipinski definition) is 0. The van der Waals surface area contributed by atoms with Crippen LogP contribution in [0.5, 0.6) is 0 Å². The number of aryl methyl sites for hydroxylation is 1. The summed E-state index contributed by atoms with van der Waals surface area (Å²) in [5, 5.41) is 8.77. The maximum absolute atomic E-state index is 8.77. The summed E-state index contributed by atoms with van der Waals surface area (Å²) < 4.78 is 5.51. The molecular weight excluding hydrogens is 254 g/mol. The van der Waals surface area contributed by atoms with Gasteiger partial charge in [-0.15, -0.1) is 0 Å². The van der Waals surface area contributed by atoms with Crippen LogP contribution >= 0.6 is 0 Å². The number of hydrogen-bond acceptors (Lipinski definition) is 6. The van der Waals surface area contributed by atoms with E-state index in [-0.39, 0.29) is 0 Å². The first-order valence-corrected chi connectivity index (χ1v) is 6.00. The van der Waals surface area contributed by atoms with Gasteiger partial charge in [-0.1, -0.05) is 6.07 Å². The summed E-state index contributed by atoms with van der Waals surface area (Å²) in [5.41, 5.74) is 3.36. The summed E-state index contributed by atoms with van der Waals surface area (Å²) in [4.78, 5) is 13.9. The highest BCUT2D eigenvalue weighted by molar-refractivity contribution is 5.79. The van der Waals surface area contributed by atoms with Crippen molar-refractivity contribution in [2.45, 2.75) is 6.92 Å². The number of anilines is 1. The van der Waals surface area contributed by atoms with Gasteiger partial charge in [0.15, 0.2) is 17.7 Å². The van der Waals surface area contributed by atoms with Gasteiger partial charge in [0.05, 0.1) is 0 Å². The molecule has 98 valence electrons. The fourth-order valence-corrected chi connectivity index (χ4v) is 1.91. The van der Waals surface area contributed by atoms with Crippen molar-refractivity contribution in [1.29, 1.82) is 5.26 Å². The van der Waals surface area contributed by atoms with E-state index in [1.807, 2.05) is 31.3 Å². The van der Waals surface area contributed by atoms with Crippen molar-refractivity contribution in [3.05, 3.63) is 36.5 Å². The number of nitrogens with zero attached hydrogens (tertiary/aromatic N) is 5. The van der Waals surface area contributed by atoms with Gasteiger partial charge in [-0.3, -0.25) is 4.90 Å². The summed E-state index contributed by atoms with van der Waals surface area (Å²) >= 11 is 0. The molecule has 0 aliphatic carbocycles. The Bertz CT molecular complexity index is 801. The minimum Gasteiger partial charge on any atom is -0.441 e. The van der Waals surface area contributed by atoms with Crippen molar-refractivity contribution in [1.82, 2.24) is 15.0 Å². The quantitative estimate of drug-likeness (QED) is 0.523. The van der Waals surface area contributed by atoms with Crippen LogP contribution in [-0.4, -0.2) is 22.0 Å². The lowest BCUT2D eigenvalue weighted by Crippen LogP contribution is -2.11. The van der Waals surface area contributed by atoms with Crippen LogP contribution in [0, 0.1) is 18.4 Å². The molecule has 3 aromatic rings. The number of nitriles is 1. The van der Waals surface area contributed by atoms with Crippen LogP contribution in [0.2, 0.25) is 0 Å². The Labute approximate surface area is 115 Å². The minimum atomic E-state index is 0.368. The highest BCUT2D eigenvalue weighted by Crippen LogP contribution is 2.24. The molecule has 0 bridgehead atoms. The molecule has 0 aliphatic rings. The molecule has 0 unspecified atom stereocenters. The van der Waals surface area contributed by atoms with E-state index in [1.54, 1.807) is 19.4 Å². The van der Waals surface area contributed by atoms with Gasteiger partial charge in [-0.25, -0.2) is 15.0 Å². The Morgan fingerprint density at radius 1 is 1.20 bits per heavy atom. The van der Waals surface area contributed by atoms with Gasteiger partial charge in [-0.2, -0.15) is 5.26 Å². The number of benzene rings is 1. The lowest BCUT2D eigenvalue weighted by Gasteiger charge is -2.06. The smallest absolute Gasteiger partial charge is 0.238 e. The van der Waals surface area contributed by atoms with Gasteiger partial charge in [0, 0.05) is 31.9 Å². The average Bonchev–Trinajstić information content (AvgIpc) is 2.85. The summed E-state index contributed by atoms with van der Waals surface area (Å²) in [5.74, 6) is 1.01. The van der Waals surface area contributed by atoms with Crippen molar-refractivity contribution in [2.75, 3.05) is 11.9 Å². The second-order valence-corrected chi connectivity index (χ2v) is 4.35. The van der Waals surface area contributed by atoms with E-state index in [9.17, 15) is 0 Å². The Morgan fingerprint density at radius 3 is 2.65 bits per heavy atom. The van der Waals surface area contributed by atoms with Crippen molar-refractivity contribution in [3.63, 3.8) is 0 Å². The summed E-state index contributed by atoms with van der Waals surface area (Å²) in [6, 6.07) is 5.74. The molecule has 2 aromatic heterocycles. The maximum Gasteiger partial charge on any atom is 0.238 e. The van der Waals surface area contributed by atoms with Crippen LogP contribution in [0.25, 0.3) is 22.2 Å². The molecule has 0 saturated carbocycles. The molecule has 3 rings (SSSR count). The lowest BCUT2D eigenvalue weighted by atomic mass is 10.1. The van der Waals surface area contributed by atoms with Crippen LogP contribution < -0.4 is 4.90 Å². The number of fused-ring (bicyclic) bond motifs is 1. The standard InChI is InChI=1S/C14H11N5O/c1-9-18-12-4-3-10(5-13(12)20-9)11-6-16-14(17-7-11)19(2)8-15/h3-7H,1-2H3. The number of oxazole rings is 1. The van der Waals surface area contributed by atoms with Gasteiger partial charge < -0.3 is 4.42 Å². The highest BCUT2D eigenvalue weighted by Gasteiger charge is 2.07. The van der Waals surface area contributed by atoms with Gasteiger partial charge >= 0.3 is 0 Å². The molecule has 6 heteroatoms. The predicted octanol–water partition coefficient (Wildman–Crippen LogP) is 2.51. The highest BCUT2D eigenvalue weighted by atomic mass is 16.3. The average molecular weight is 265 g/mol. The predicted molar refractivity (Wildman–Crippen MR) is 73.8 cm³/mol. The molecule has 0 radical (unpaired) electrons. The third-order valence-electron chi connectivity index (χ3n) is 2.92. The van der Waals surface area contributed by atoms with Crippen molar-refractivity contribution in [2.24, 2.45) is 0 Å². The molecule has 6 nitrogen and oxygen atoms in total. The molecule has 0 saturated heterocycles. The Balaban J connectivity index is 2.00. The van der Waals surface area contributed by atoms with Gasteiger partial charge in [0.1, 0.15) is 5.52 Å². The Morgan fingerprint density at radius 2 is 1.95 bits per heavy atom. The van der Waals surface area contributed by atoms with Crippen LogP contribution in [0.4, 0.5) is 5.95 Å². The minimum absolute atomic E-state index is 0.368. The first kappa shape index (κ1) is 12.1.